The van der Waals surface area contributed by atoms with Gasteiger partial charge >= 0.3 is 0 Å². The van der Waals surface area contributed by atoms with Crippen molar-refractivity contribution >= 4 is 11.8 Å². The van der Waals surface area contributed by atoms with E-state index in [2.05, 4.69) is 42.6 Å². The van der Waals surface area contributed by atoms with E-state index < -0.39 is 6.10 Å². The van der Waals surface area contributed by atoms with E-state index in [4.69, 9.17) is 9.15 Å². The van der Waals surface area contributed by atoms with Crippen LogP contribution < -0.4 is 10.1 Å². The van der Waals surface area contributed by atoms with Crippen molar-refractivity contribution in [2.45, 2.75) is 59.2 Å². The Morgan fingerprint density at radius 2 is 1.91 bits per heavy atom. The number of furan rings is 1. The average Bonchev–Trinajstić information content (AvgIpc) is 3.39. The molecule has 2 amide bonds. The number of hydrogen-bond donors (Lipinski definition) is 1. The number of aryl methyl sites for hydroxylation is 1. The zero-order valence-electron chi connectivity index (χ0n) is 20.9. The standard InChI is InChI=1S/C29H34N2O4/c1-5-26(28(32)30-18-24-7-6-16-34-24)35-23-13-12-21-14-15-31(29(33)19(2)3)27(25(21)17-23)22-10-8-20(4)9-11-22/h6-13,16-17,19,26-27H,5,14-15,18H2,1-4H3,(H,30,32)/t26-,27+/m0/s1. The van der Waals surface area contributed by atoms with Crippen LogP contribution in [-0.2, 0) is 22.6 Å². The van der Waals surface area contributed by atoms with Crippen LogP contribution in [0, 0.1) is 12.8 Å². The van der Waals surface area contributed by atoms with Crippen molar-refractivity contribution in [1.82, 2.24) is 10.2 Å². The van der Waals surface area contributed by atoms with Crippen LogP contribution in [-0.4, -0.2) is 29.4 Å². The lowest BCUT2D eigenvalue weighted by molar-refractivity contribution is -0.136. The average molecular weight is 475 g/mol. The van der Waals surface area contributed by atoms with Crippen molar-refractivity contribution < 1.29 is 18.7 Å². The summed E-state index contributed by atoms with van der Waals surface area (Å²) in [5.74, 6) is 1.17. The summed E-state index contributed by atoms with van der Waals surface area (Å²) in [6, 6.07) is 17.8. The highest BCUT2D eigenvalue weighted by Crippen LogP contribution is 2.38. The Balaban J connectivity index is 1.60. The third-order valence-electron chi connectivity index (χ3n) is 6.47. The van der Waals surface area contributed by atoms with Crippen LogP contribution in [0.2, 0.25) is 0 Å². The topological polar surface area (TPSA) is 71.8 Å². The zero-order chi connectivity index (χ0) is 24.9. The van der Waals surface area contributed by atoms with E-state index in [1.165, 1.54) is 11.1 Å². The molecular formula is C29H34N2O4. The number of benzene rings is 2. The van der Waals surface area contributed by atoms with E-state index in [9.17, 15) is 9.59 Å². The lowest BCUT2D eigenvalue weighted by Crippen LogP contribution is -2.42. The van der Waals surface area contributed by atoms with Crippen LogP contribution in [0.15, 0.2) is 65.3 Å². The molecule has 0 fully saturated rings. The molecule has 2 aromatic carbocycles. The van der Waals surface area contributed by atoms with Gasteiger partial charge in [0.1, 0.15) is 11.5 Å². The van der Waals surface area contributed by atoms with Gasteiger partial charge in [0.05, 0.1) is 18.8 Å². The van der Waals surface area contributed by atoms with Crippen molar-refractivity contribution in [2.24, 2.45) is 5.92 Å². The Morgan fingerprint density at radius 1 is 1.14 bits per heavy atom. The maximum absolute atomic E-state index is 13.2. The normalized spacial score (nSPS) is 16.0. The molecule has 0 radical (unpaired) electrons. The van der Waals surface area contributed by atoms with Crippen molar-refractivity contribution in [1.29, 1.82) is 0 Å². The van der Waals surface area contributed by atoms with E-state index in [0.29, 0.717) is 31.0 Å². The Morgan fingerprint density at radius 3 is 2.57 bits per heavy atom. The maximum Gasteiger partial charge on any atom is 0.261 e. The molecular weight excluding hydrogens is 440 g/mol. The quantitative estimate of drug-likeness (QED) is 0.488. The fourth-order valence-electron chi connectivity index (χ4n) is 4.53. The minimum absolute atomic E-state index is 0.0914. The summed E-state index contributed by atoms with van der Waals surface area (Å²) in [6.45, 7) is 8.86. The highest BCUT2D eigenvalue weighted by molar-refractivity contribution is 5.81. The van der Waals surface area contributed by atoms with Gasteiger partial charge in [-0.05, 0) is 60.7 Å². The van der Waals surface area contributed by atoms with Crippen molar-refractivity contribution in [3.8, 4) is 5.75 Å². The molecule has 0 spiro atoms. The number of ether oxygens (including phenoxy) is 1. The minimum atomic E-state index is -0.627. The molecule has 2 heterocycles. The third-order valence-corrected chi connectivity index (χ3v) is 6.47. The minimum Gasteiger partial charge on any atom is -0.481 e. The molecule has 2 atom stereocenters. The predicted molar refractivity (Wildman–Crippen MR) is 135 cm³/mol. The molecule has 0 bridgehead atoms. The largest absolute Gasteiger partial charge is 0.481 e. The van der Waals surface area contributed by atoms with Gasteiger partial charge in [0, 0.05) is 12.5 Å². The summed E-state index contributed by atoms with van der Waals surface area (Å²) in [5, 5.41) is 2.88. The van der Waals surface area contributed by atoms with Gasteiger partial charge in [0.25, 0.3) is 5.91 Å². The number of rotatable bonds is 8. The number of amides is 2. The summed E-state index contributed by atoms with van der Waals surface area (Å²) in [6.07, 6.45) is 2.27. The summed E-state index contributed by atoms with van der Waals surface area (Å²) < 4.78 is 11.5. The molecule has 1 aliphatic rings. The van der Waals surface area contributed by atoms with Crippen LogP contribution in [0.25, 0.3) is 0 Å². The molecule has 4 rings (SSSR count). The van der Waals surface area contributed by atoms with E-state index in [-0.39, 0.29) is 23.8 Å². The molecule has 35 heavy (non-hydrogen) atoms. The van der Waals surface area contributed by atoms with Crippen LogP contribution in [0.3, 0.4) is 0 Å². The van der Waals surface area contributed by atoms with Gasteiger partial charge in [-0.1, -0.05) is 56.7 Å². The van der Waals surface area contributed by atoms with Gasteiger partial charge in [-0.3, -0.25) is 9.59 Å². The van der Waals surface area contributed by atoms with Crippen LogP contribution in [0.1, 0.15) is 61.2 Å². The summed E-state index contributed by atoms with van der Waals surface area (Å²) in [5.41, 5.74) is 4.50. The van der Waals surface area contributed by atoms with Crippen molar-refractivity contribution in [3.05, 3.63) is 88.9 Å². The number of nitrogens with one attached hydrogen (secondary N) is 1. The Kier molecular flexibility index (Phi) is 7.59. The summed E-state index contributed by atoms with van der Waals surface area (Å²) in [7, 11) is 0. The van der Waals surface area contributed by atoms with E-state index in [0.717, 1.165) is 17.5 Å². The van der Waals surface area contributed by atoms with Gasteiger partial charge < -0.3 is 19.4 Å². The molecule has 6 nitrogen and oxygen atoms in total. The number of carbonyl (C=O) groups excluding carboxylic acids is 2. The molecule has 1 N–H and O–H groups in total. The van der Waals surface area contributed by atoms with Crippen molar-refractivity contribution in [3.63, 3.8) is 0 Å². The lowest BCUT2D eigenvalue weighted by atomic mass is 9.87. The van der Waals surface area contributed by atoms with Gasteiger partial charge in [-0.25, -0.2) is 0 Å². The smallest absolute Gasteiger partial charge is 0.261 e. The highest BCUT2D eigenvalue weighted by Gasteiger charge is 2.33. The molecule has 0 aliphatic carbocycles. The molecule has 6 heteroatoms. The molecule has 0 saturated heterocycles. The maximum atomic E-state index is 13.2. The second kappa shape index (κ2) is 10.8. The van der Waals surface area contributed by atoms with Gasteiger partial charge in [0.15, 0.2) is 6.10 Å². The monoisotopic (exact) mass is 474 g/mol. The number of fused-ring (bicyclic) bond motifs is 1. The molecule has 0 saturated carbocycles. The van der Waals surface area contributed by atoms with Crippen molar-refractivity contribution in [2.75, 3.05) is 6.54 Å². The molecule has 1 aromatic heterocycles. The van der Waals surface area contributed by atoms with E-state index >= 15 is 0 Å². The second-order valence-corrected chi connectivity index (χ2v) is 9.42. The summed E-state index contributed by atoms with van der Waals surface area (Å²) >= 11 is 0. The molecule has 3 aromatic rings. The first-order valence-electron chi connectivity index (χ1n) is 12.3. The summed E-state index contributed by atoms with van der Waals surface area (Å²) in [4.78, 5) is 27.9. The second-order valence-electron chi connectivity index (χ2n) is 9.42. The lowest BCUT2D eigenvalue weighted by Gasteiger charge is -2.39. The molecule has 1 aliphatic heterocycles. The Hall–Kier alpha value is -3.54. The van der Waals surface area contributed by atoms with E-state index in [1.54, 1.807) is 12.3 Å². The van der Waals surface area contributed by atoms with Crippen LogP contribution in [0.4, 0.5) is 0 Å². The molecule has 184 valence electrons. The van der Waals surface area contributed by atoms with E-state index in [1.807, 2.05) is 43.9 Å². The number of nitrogens with zero attached hydrogens (tertiary/aromatic N) is 1. The van der Waals surface area contributed by atoms with Gasteiger partial charge in [0.2, 0.25) is 5.91 Å². The molecule has 0 unspecified atom stereocenters. The number of hydrogen-bond acceptors (Lipinski definition) is 4. The Labute approximate surface area is 207 Å². The van der Waals surface area contributed by atoms with Gasteiger partial charge in [-0.15, -0.1) is 0 Å². The predicted octanol–water partition coefficient (Wildman–Crippen LogP) is 5.19. The zero-order valence-corrected chi connectivity index (χ0v) is 20.9. The van der Waals surface area contributed by atoms with Gasteiger partial charge in [-0.2, -0.15) is 0 Å². The number of carbonyl (C=O) groups is 2. The highest BCUT2D eigenvalue weighted by atomic mass is 16.5. The Bertz CT molecular complexity index is 1150. The fraction of sp³-hybridized carbons (Fsp3) is 0.379. The fourth-order valence-corrected chi connectivity index (χ4v) is 4.53. The van der Waals surface area contributed by atoms with Crippen LogP contribution >= 0.6 is 0 Å². The SMILES string of the molecule is CC[C@H](Oc1ccc2c(c1)[C@@H](c1ccc(C)cc1)N(C(=O)C(C)C)CC2)C(=O)NCc1ccco1. The first kappa shape index (κ1) is 24.6. The first-order chi connectivity index (χ1) is 16.9. The van der Waals surface area contributed by atoms with Crippen LogP contribution in [0.5, 0.6) is 5.75 Å². The third kappa shape index (κ3) is 5.59. The first-order valence-corrected chi connectivity index (χ1v) is 12.3.